The van der Waals surface area contributed by atoms with Crippen molar-refractivity contribution in [3.05, 3.63) is 36.1 Å². The van der Waals surface area contributed by atoms with Gasteiger partial charge in [-0.3, -0.25) is 9.97 Å². The highest BCUT2D eigenvalue weighted by Crippen LogP contribution is 2.31. The number of fused-ring (bicyclic) bond motifs is 1. The number of halogens is 2. The molecule has 2 heterocycles. The van der Waals surface area contributed by atoms with Crippen LogP contribution in [0.2, 0.25) is 0 Å². The fourth-order valence-corrected chi connectivity index (χ4v) is 2.82. The lowest BCUT2D eigenvalue weighted by Crippen LogP contribution is -2.10. The maximum Gasteiger partial charge on any atom is 0.387 e. The second-order valence-electron chi connectivity index (χ2n) is 4.63. The molecule has 3 rings (SSSR count). The van der Waals surface area contributed by atoms with Crippen LogP contribution < -0.4 is 14.2 Å². The number of H-pyrrole nitrogens is 1. The van der Waals surface area contributed by atoms with Crippen molar-refractivity contribution in [3.8, 4) is 17.2 Å². The molecule has 2 aromatic heterocycles. The predicted octanol–water partition coefficient (Wildman–Crippen LogP) is 2.88. The molecule has 7 nitrogen and oxygen atoms in total. The number of ether oxygens (including phenoxy) is 3. The van der Waals surface area contributed by atoms with Gasteiger partial charge in [-0.1, -0.05) is 0 Å². The van der Waals surface area contributed by atoms with Gasteiger partial charge in [0.2, 0.25) is 0 Å². The fourth-order valence-electron chi connectivity index (χ4n) is 2.02. The first-order chi connectivity index (χ1) is 15.2. The number of alkyl halides is 2. The SMILES string of the molecule is [2H]c1nc(C([2H])([2H])[S+]([O-])c2nc3ccc(OC(F)F)cc3[nH]2)c(OC([2H])([2H])[2H])c(OC)c1[2H]. The minimum atomic E-state index is -3.11. The van der Waals surface area contributed by atoms with Crippen molar-refractivity contribution < 1.29 is 37.1 Å². The Balaban J connectivity index is 2.10. The third-order valence-electron chi connectivity index (χ3n) is 3.09. The van der Waals surface area contributed by atoms with Crippen LogP contribution in [-0.2, 0) is 16.9 Å². The zero-order valence-corrected chi connectivity index (χ0v) is 13.8. The second kappa shape index (κ2) is 7.75. The summed E-state index contributed by atoms with van der Waals surface area (Å²) in [6.07, 6.45) is -0.779. The van der Waals surface area contributed by atoms with Gasteiger partial charge in [0.25, 0.3) is 0 Å². The number of pyridine rings is 1. The summed E-state index contributed by atoms with van der Waals surface area (Å²) in [6, 6.07) is 2.94. The summed E-state index contributed by atoms with van der Waals surface area (Å²) in [4.78, 5) is 10.1. The van der Waals surface area contributed by atoms with Crippen LogP contribution in [-0.4, -0.2) is 40.3 Å². The van der Waals surface area contributed by atoms with Crippen molar-refractivity contribution in [1.29, 1.82) is 0 Å². The molecule has 3 aromatic rings. The van der Waals surface area contributed by atoms with Gasteiger partial charge in [-0.05, 0) is 12.1 Å². The Morgan fingerprint density at radius 2 is 2.31 bits per heavy atom. The molecule has 0 saturated carbocycles. The summed E-state index contributed by atoms with van der Waals surface area (Å²) >= 11 is -2.71. The van der Waals surface area contributed by atoms with E-state index in [9.17, 15) is 13.3 Å². The summed E-state index contributed by atoms with van der Waals surface area (Å²) in [5.74, 6) is -1.62. The molecule has 1 N–H and O–H groups in total. The Bertz CT molecular complexity index is 1180. The summed E-state index contributed by atoms with van der Waals surface area (Å²) in [5.41, 5.74) is -3.59. The van der Waals surface area contributed by atoms with Gasteiger partial charge < -0.3 is 18.8 Å². The number of imidazole rings is 1. The fraction of sp³-hybridized carbons (Fsp3) is 0.250. The number of hydrogen-bond donors (Lipinski definition) is 1. The zero-order chi connectivity index (χ0) is 24.7. The molecule has 1 unspecified atom stereocenters. The maximum atomic E-state index is 13.1. The van der Waals surface area contributed by atoms with Crippen LogP contribution >= 0.6 is 0 Å². The van der Waals surface area contributed by atoms with Gasteiger partial charge in [0.05, 0.1) is 34.8 Å². The molecule has 0 spiro atoms. The molecule has 0 aliphatic heterocycles. The highest BCUT2D eigenvalue weighted by molar-refractivity contribution is 7.90. The molecular formula is C16H15F2N3O4S. The number of aromatic nitrogens is 3. The Morgan fingerprint density at radius 1 is 1.46 bits per heavy atom. The third kappa shape index (κ3) is 3.81. The molecule has 10 heteroatoms. The van der Waals surface area contributed by atoms with Crippen molar-refractivity contribution in [3.63, 3.8) is 0 Å². The van der Waals surface area contributed by atoms with E-state index in [2.05, 4.69) is 19.7 Å². The molecule has 1 aromatic carbocycles. The van der Waals surface area contributed by atoms with E-state index in [0.717, 1.165) is 13.2 Å². The highest BCUT2D eigenvalue weighted by atomic mass is 32.2. The molecule has 0 aliphatic rings. The number of nitrogens with zero attached hydrogens (tertiary/aromatic N) is 2. The van der Waals surface area contributed by atoms with Gasteiger partial charge in [-0.15, -0.1) is 0 Å². The van der Waals surface area contributed by atoms with E-state index in [1.165, 1.54) is 12.1 Å². The smallest absolute Gasteiger partial charge is 0.387 e. The molecular weight excluding hydrogens is 368 g/mol. The van der Waals surface area contributed by atoms with Crippen LogP contribution in [0, 0.1) is 0 Å². The minimum absolute atomic E-state index is 0.111. The van der Waals surface area contributed by atoms with Crippen LogP contribution in [0.15, 0.2) is 35.6 Å². The molecule has 26 heavy (non-hydrogen) atoms. The van der Waals surface area contributed by atoms with Crippen LogP contribution in [0.4, 0.5) is 8.78 Å². The van der Waals surface area contributed by atoms with Gasteiger partial charge in [0, 0.05) is 29.5 Å². The molecule has 0 saturated heterocycles. The van der Waals surface area contributed by atoms with E-state index in [4.69, 9.17) is 19.1 Å². The van der Waals surface area contributed by atoms with Crippen molar-refractivity contribution in [2.75, 3.05) is 14.1 Å². The Kier molecular flexibility index (Phi) is 3.34. The average Bonchev–Trinajstić information content (AvgIpc) is 3.11. The van der Waals surface area contributed by atoms with E-state index in [-0.39, 0.29) is 16.8 Å². The van der Waals surface area contributed by atoms with Crippen LogP contribution in [0.25, 0.3) is 11.0 Å². The maximum absolute atomic E-state index is 13.1. The van der Waals surface area contributed by atoms with Crippen molar-refractivity contribution >= 4 is 22.2 Å². The van der Waals surface area contributed by atoms with Crippen molar-refractivity contribution in [2.24, 2.45) is 0 Å². The molecule has 138 valence electrons. The van der Waals surface area contributed by atoms with E-state index in [1.54, 1.807) is 0 Å². The monoisotopic (exact) mass is 390 g/mol. The Morgan fingerprint density at radius 3 is 3.04 bits per heavy atom. The molecule has 1 atom stereocenters. The van der Waals surface area contributed by atoms with E-state index in [0.29, 0.717) is 0 Å². The van der Waals surface area contributed by atoms with E-state index >= 15 is 0 Å². The number of methoxy groups -OCH3 is 2. The lowest BCUT2D eigenvalue weighted by molar-refractivity contribution is -0.0497. The van der Waals surface area contributed by atoms with Gasteiger partial charge in [-0.25, -0.2) is 0 Å². The number of rotatable bonds is 7. The summed E-state index contributed by atoms with van der Waals surface area (Å²) in [6.45, 7) is -3.08. The first-order valence-corrected chi connectivity index (χ1v) is 8.00. The highest BCUT2D eigenvalue weighted by Gasteiger charge is 2.22. The molecule has 0 amide bonds. The Hall–Kier alpha value is -2.59. The minimum Gasteiger partial charge on any atom is -0.609 e. The average molecular weight is 390 g/mol. The predicted molar refractivity (Wildman–Crippen MR) is 90.2 cm³/mol. The van der Waals surface area contributed by atoms with Crippen molar-refractivity contribution in [2.45, 2.75) is 17.5 Å². The number of aromatic amines is 1. The van der Waals surface area contributed by atoms with Crippen LogP contribution in [0.3, 0.4) is 0 Å². The van der Waals surface area contributed by atoms with Crippen LogP contribution in [0.5, 0.6) is 17.2 Å². The first-order valence-electron chi connectivity index (χ1n) is 10.4. The Labute approximate surface area is 160 Å². The molecule has 0 aliphatic carbocycles. The summed E-state index contributed by atoms with van der Waals surface area (Å²) < 4.78 is 106. The lowest BCUT2D eigenvalue weighted by Gasteiger charge is -2.12. The van der Waals surface area contributed by atoms with E-state index < -0.39 is 65.1 Å². The largest absolute Gasteiger partial charge is 0.609 e. The van der Waals surface area contributed by atoms with Gasteiger partial charge in [0.15, 0.2) is 17.2 Å². The third-order valence-corrected chi connectivity index (χ3v) is 4.01. The van der Waals surface area contributed by atoms with Gasteiger partial charge in [-0.2, -0.15) is 13.8 Å². The lowest BCUT2D eigenvalue weighted by atomic mass is 10.3. The molecule has 0 fully saturated rings. The van der Waals surface area contributed by atoms with Gasteiger partial charge in [0.1, 0.15) is 11.4 Å². The second-order valence-corrected chi connectivity index (χ2v) is 5.76. The van der Waals surface area contributed by atoms with Crippen LogP contribution in [0.1, 0.15) is 15.3 Å². The number of hydrogen-bond acceptors (Lipinski definition) is 6. The molecule has 0 bridgehead atoms. The van der Waals surface area contributed by atoms with Crippen molar-refractivity contribution in [1.82, 2.24) is 15.0 Å². The summed E-state index contributed by atoms with van der Waals surface area (Å²) in [5, 5.41) is -0.439. The number of benzene rings is 1. The van der Waals surface area contributed by atoms with E-state index in [1.807, 2.05) is 0 Å². The molecule has 0 radical (unpaired) electrons. The number of nitrogens with one attached hydrogen (secondary N) is 1. The van der Waals surface area contributed by atoms with Gasteiger partial charge >= 0.3 is 11.8 Å². The quantitative estimate of drug-likeness (QED) is 0.624. The zero-order valence-electron chi connectivity index (χ0n) is 20.0. The first kappa shape index (κ1) is 11.2. The summed E-state index contributed by atoms with van der Waals surface area (Å²) in [7, 11) is -2.06. The normalized spacial score (nSPS) is 17.3. The topological polar surface area (TPSA) is 92.3 Å². The standard InChI is InChI=1S/C16H15F2N3O4S/c1-23-13-5-6-19-12(14(13)24-2)8-26(22)16-20-10-4-3-9(25-15(17)18)7-11(10)21-16/h3-7,15H,8H2,1-2H3,(H,20,21)/i2D3,5D,6D,8D2.